The molecule has 1 saturated carbocycles. The standard InChI is InChI=1S/C16H25NO2/c18-15(11-13-5-1-2-6-13)17-10-9-16(19)8-4-3-7-14(16)12-17/h1,5,13-14,19H,2-4,6-12H2. The Labute approximate surface area is 115 Å². The fourth-order valence-corrected chi connectivity index (χ4v) is 4.02. The molecule has 0 bridgehead atoms. The van der Waals surface area contributed by atoms with Gasteiger partial charge < -0.3 is 10.0 Å². The molecule has 0 radical (unpaired) electrons. The first-order chi connectivity index (χ1) is 9.17. The third-order valence-electron chi connectivity index (χ3n) is 5.33. The number of aliphatic hydroxyl groups is 1. The average molecular weight is 263 g/mol. The van der Waals surface area contributed by atoms with Gasteiger partial charge in [0.1, 0.15) is 0 Å². The molecule has 0 spiro atoms. The normalized spacial score (nSPS) is 38.3. The van der Waals surface area contributed by atoms with E-state index in [1.807, 2.05) is 4.90 Å². The molecule has 1 heterocycles. The van der Waals surface area contributed by atoms with E-state index < -0.39 is 5.60 Å². The fraction of sp³-hybridized carbons (Fsp3) is 0.812. The van der Waals surface area contributed by atoms with Crippen molar-refractivity contribution in [2.45, 2.75) is 57.0 Å². The molecule has 19 heavy (non-hydrogen) atoms. The Balaban J connectivity index is 1.57. The van der Waals surface area contributed by atoms with E-state index in [0.717, 1.165) is 51.6 Å². The Morgan fingerprint density at radius 3 is 3.00 bits per heavy atom. The smallest absolute Gasteiger partial charge is 0.223 e. The number of piperidine rings is 1. The van der Waals surface area contributed by atoms with Crippen molar-refractivity contribution in [2.75, 3.05) is 13.1 Å². The first kappa shape index (κ1) is 13.2. The number of allylic oxidation sites excluding steroid dienone is 2. The van der Waals surface area contributed by atoms with Gasteiger partial charge in [0.05, 0.1) is 5.60 Å². The van der Waals surface area contributed by atoms with Crippen molar-refractivity contribution >= 4 is 5.91 Å². The summed E-state index contributed by atoms with van der Waals surface area (Å²) in [7, 11) is 0. The lowest BCUT2D eigenvalue weighted by atomic mass is 9.71. The van der Waals surface area contributed by atoms with Crippen molar-refractivity contribution in [2.24, 2.45) is 11.8 Å². The van der Waals surface area contributed by atoms with E-state index in [1.165, 1.54) is 6.42 Å². The molecule has 3 atom stereocenters. The number of amides is 1. The molecular formula is C16H25NO2. The van der Waals surface area contributed by atoms with E-state index in [-0.39, 0.29) is 0 Å². The van der Waals surface area contributed by atoms with Crippen molar-refractivity contribution in [3.63, 3.8) is 0 Å². The van der Waals surface area contributed by atoms with Gasteiger partial charge in [-0.25, -0.2) is 0 Å². The highest BCUT2D eigenvalue weighted by Gasteiger charge is 2.43. The summed E-state index contributed by atoms with van der Waals surface area (Å²) in [5.74, 6) is 1.07. The predicted octanol–water partition coefficient (Wildman–Crippen LogP) is 2.50. The highest BCUT2D eigenvalue weighted by Crippen LogP contribution is 2.40. The number of carbonyl (C=O) groups is 1. The quantitative estimate of drug-likeness (QED) is 0.778. The minimum atomic E-state index is -0.470. The maximum absolute atomic E-state index is 12.3. The fourth-order valence-electron chi connectivity index (χ4n) is 4.02. The van der Waals surface area contributed by atoms with Crippen molar-refractivity contribution in [3.05, 3.63) is 12.2 Å². The third kappa shape index (κ3) is 2.71. The third-order valence-corrected chi connectivity index (χ3v) is 5.33. The molecular weight excluding hydrogens is 238 g/mol. The largest absolute Gasteiger partial charge is 0.389 e. The van der Waals surface area contributed by atoms with Crippen molar-refractivity contribution in [1.82, 2.24) is 4.90 Å². The monoisotopic (exact) mass is 263 g/mol. The summed E-state index contributed by atoms with van der Waals surface area (Å²) < 4.78 is 0. The molecule has 0 aromatic rings. The molecule has 3 aliphatic rings. The highest BCUT2D eigenvalue weighted by atomic mass is 16.3. The molecule has 3 unspecified atom stereocenters. The van der Waals surface area contributed by atoms with Crippen LogP contribution in [0.3, 0.4) is 0 Å². The maximum Gasteiger partial charge on any atom is 0.223 e. The number of nitrogens with zero attached hydrogens (tertiary/aromatic N) is 1. The van der Waals surface area contributed by atoms with E-state index in [9.17, 15) is 9.90 Å². The minimum Gasteiger partial charge on any atom is -0.389 e. The van der Waals surface area contributed by atoms with Crippen LogP contribution in [0.4, 0.5) is 0 Å². The molecule has 106 valence electrons. The van der Waals surface area contributed by atoms with Gasteiger partial charge in [0.25, 0.3) is 0 Å². The Morgan fingerprint density at radius 2 is 2.21 bits per heavy atom. The van der Waals surface area contributed by atoms with Crippen LogP contribution in [0.25, 0.3) is 0 Å². The lowest BCUT2D eigenvalue weighted by Crippen LogP contribution is -2.54. The van der Waals surface area contributed by atoms with Gasteiger partial charge in [0.15, 0.2) is 0 Å². The number of rotatable bonds is 2. The van der Waals surface area contributed by atoms with Gasteiger partial charge in [-0.1, -0.05) is 25.0 Å². The van der Waals surface area contributed by atoms with Gasteiger partial charge >= 0.3 is 0 Å². The van der Waals surface area contributed by atoms with E-state index in [4.69, 9.17) is 0 Å². The Kier molecular flexibility index (Phi) is 3.66. The molecule has 1 amide bonds. The maximum atomic E-state index is 12.3. The molecule has 2 aliphatic carbocycles. The lowest BCUT2D eigenvalue weighted by Gasteiger charge is -2.47. The van der Waals surface area contributed by atoms with E-state index in [0.29, 0.717) is 24.2 Å². The summed E-state index contributed by atoms with van der Waals surface area (Å²) in [5, 5.41) is 10.6. The van der Waals surface area contributed by atoms with Crippen LogP contribution >= 0.6 is 0 Å². The number of carbonyl (C=O) groups excluding carboxylic acids is 1. The van der Waals surface area contributed by atoms with E-state index in [1.54, 1.807) is 0 Å². The van der Waals surface area contributed by atoms with Crippen LogP contribution in [0.2, 0.25) is 0 Å². The van der Waals surface area contributed by atoms with Crippen molar-refractivity contribution < 1.29 is 9.90 Å². The summed E-state index contributed by atoms with van der Waals surface area (Å²) in [6.07, 6.45) is 12.5. The van der Waals surface area contributed by atoms with Crippen LogP contribution < -0.4 is 0 Å². The molecule has 1 saturated heterocycles. The molecule has 0 aromatic heterocycles. The zero-order valence-electron chi connectivity index (χ0n) is 11.7. The number of hydrogen-bond donors (Lipinski definition) is 1. The molecule has 3 rings (SSSR count). The molecule has 3 nitrogen and oxygen atoms in total. The lowest BCUT2D eigenvalue weighted by molar-refractivity contribution is -0.143. The molecule has 1 aliphatic heterocycles. The van der Waals surface area contributed by atoms with Crippen LogP contribution in [0.15, 0.2) is 12.2 Å². The van der Waals surface area contributed by atoms with E-state index >= 15 is 0 Å². The Bertz CT molecular complexity index is 379. The van der Waals surface area contributed by atoms with Crippen LogP contribution in [0, 0.1) is 11.8 Å². The second kappa shape index (κ2) is 5.28. The highest BCUT2D eigenvalue weighted by molar-refractivity contribution is 5.77. The molecule has 3 heteroatoms. The SMILES string of the molecule is O=C(CC1C=CCC1)N1CCC2(O)CCCCC2C1. The second-order valence-corrected chi connectivity index (χ2v) is 6.61. The number of fused-ring (bicyclic) bond motifs is 1. The van der Waals surface area contributed by atoms with Gasteiger partial charge in [0.2, 0.25) is 5.91 Å². The Hall–Kier alpha value is -0.830. The second-order valence-electron chi connectivity index (χ2n) is 6.61. The number of hydrogen-bond acceptors (Lipinski definition) is 2. The molecule has 0 aromatic carbocycles. The van der Waals surface area contributed by atoms with Gasteiger partial charge in [-0.05, 0) is 38.0 Å². The van der Waals surface area contributed by atoms with Gasteiger partial charge in [0, 0.05) is 25.4 Å². The molecule has 2 fully saturated rings. The van der Waals surface area contributed by atoms with Crippen molar-refractivity contribution in [1.29, 1.82) is 0 Å². The van der Waals surface area contributed by atoms with Crippen LogP contribution in [-0.2, 0) is 4.79 Å². The summed E-state index contributed by atoms with van der Waals surface area (Å²) in [6.45, 7) is 1.54. The first-order valence-electron chi connectivity index (χ1n) is 7.84. The average Bonchev–Trinajstić information content (AvgIpc) is 2.90. The molecule has 1 N–H and O–H groups in total. The van der Waals surface area contributed by atoms with Gasteiger partial charge in [-0.2, -0.15) is 0 Å². The van der Waals surface area contributed by atoms with E-state index in [2.05, 4.69) is 12.2 Å². The summed E-state index contributed by atoms with van der Waals surface area (Å²) in [4.78, 5) is 14.4. The predicted molar refractivity (Wildman–Crippen MR) is 74.6 cm³/mol. The Morgan fingerprint density at radius 1 is 1.32 bits per heavy atom. The zero-order chi connectivity index (χ0) is 13.3. The van der Waals surface area contributed by atoms with Crippen LogP contribution in [0.5, 0.6) is 0 Å². The topological polar surface area (TPSA) is 40.5 Å². The zero-order valence-corrected chi connectivity index (χ0v) is 11.7. The van der Waals surface area contributed by atoms with Gasteiger partial charge in [-0.3, -0.25) is 4.79 Å². The minimum absolute atomic E-state index is 0.296. The van der Waals surface area contributed by atoms with Crippen LogP contribution in [-0.4, -0.2) is 34.6 Å². The van der Waals surface area contributed by atoms with Crippen LogP contribution in [0.1, 0.15) is 51.4 Å². The summed E-state index contributed by atoms with van der Waals surface area (Å²) in [6, 6.07) is 0. The van der Waals surface area contributed by atoms with Gasteiger partial charge in [-0.15, -0.1) is 0 Å². The van der Waals surface area contributed by atoms with Crippen molar-refractivity contribution in [3.8, 4) is 0 Å². The summed E-state index contributed by atoms with van der Waals surface area (Å²) >= 11 is 0. The summed E-state index contributed by atoms with van der Waals surface area (Å²) in [5.41, 5.74) is -0.470. The number of likely N-dealkylation sites (tertiary alicyclic amines) is 1. The first-order valence-corrected chi connectivity index (χ1v) is 7.84.